The minimum absolute atomic E-state index is 0.123. The van der Waals surface area contributed by atoms with E-state index >= 15 is 0 Å². The summed E-state index contributed by atoms with van der Waals surface area (Å²) in [5, 5.41) is 13.0. The van der Waals surface area contributed by atoms with Crippen LogP contribution < -0.4 is 0 Å². The number of nitrogens with zero attached hydrogens (tertiary/aromatic N) is 2. The summed E-state index contributed by atoms with van der Waals surface area (Å²) in [6.45, 7) is 1.37. The van der Waals surface area contributed by atoms with Crippen molar-refractivity contribution in [1.29, 1.82) is 0 Å². The van der Waals surface area contributed by atoms with Crippen molar-refractivity contribution in [3.8, 4) is 11.3 Å². The molecule has 1 aromatic heterocycles. The average molecular weight is 272 g/mol. The smallest absolute Gasteiger partial charge is 0.276 e. The van der Waals surface area contributed by atoms with Gasteiger partial charge < -0.3 is 14.5 Å². The van der Waals surface area contributed by atoms with E-state index in [2.05, 4.69) is 5.16 Å². The summed E-state index contributed by atoms with van der Waals surface area (Å²) in [7, 11) is 0. The fourth-order valence-corrected chi connectivity index (χ4v) is 2.44. The van der Waals surface area contributed by atoms with E-state index in [1.54, 1.807) is 11.0 Å². The van der Waals surface area contributed by atoms with Crippen LogP contribution in [0.15, 0.2) is 40.9 Å². The molecule has 0 bridgehead atoms. The van der Waals surface area contributed by atoms with Crippen LogP contribution in [0.1, 0.15) is 16.9 Å². The number of aliphatic hydroxyl groups is 1. The number of rotatable bonds is 3. The summed E-state index contributed by atoms with van der Waals surface area (Å²) >= 11 is 0. The largest absolute Gasteiger partial charge is 0.396 e. The lowest BCUT2D eigenvalue weighted by atomic mass is 10.1. The molecule has 2 aromatic rings. The molecule has 1 aromatic carbocycles. The van der Waals surface area contributed by atoms with Crippen molar-refractivity contribution >= 4 is 5.91 Å². The first-order valence-corrected chi connectivity index (χ1v) is 6.70. The summed E-state index contributed by atoms with van der Waals surface area (Å²) in [4.78, 5) is 14.0. The minimum atomic E-state index is -0.133. The number of benzene rings is 1. The number of carbonyl (C=O) groups is 1. The Morgan fingerprint density at radius 2 is 2.20 bits per heavy atom. The Balaban J connectivity index is 1.76. The van der Waals surface area contributed by atoms with E-state index in [9.17, 15) is 4.79 Å². The summed E-state index contributed by atoms with van der Waals surface area (Å²) in [6, 6.07) is 11.2. The molecule has 2 heterocycles. The third-order valence-corrected chi connectivity index (χ3v) is 3.62. The Morgan fingerprint density at radius 3 is 2.90 bits per heavy atom. The van der Waals surface area contributed by atoms with Gasteiger partial charge >= 0.3 is 0 Å². The Morgan fingerprint density at radius 1 is 1.40 bits per heavy atom. The highest BCUT2D eigenvalue weighted by atomic mass is 16.5. The van der Waals surface area contributed by atoms with Gasteiger partial charge in [-0.05, 0) is 6.42 Å². The molecule has 0 spiro atoms. The van der Waals surface area contributed by atoms with Crippen molar-refractivity contribution in [2.75, 3.05) is 19.7 Å². The number of hydrogen-bond acceptors (Lipinski definition) is 4. The summed E-state index contributed by atoms with van der Waals surface area (Å²) in [5.41, 5.74) is 1.22. The normalized spacial score (nSPS) is 18.4. The van der Waals surface area contributed by atoms with E-state index in [-0.39, 0.29) is 18.4 Å². The Kier molecular flexibility index (Phi) is 3.52. The topological polar surface area (TPSA) is 66.6 Å². The maximum absolute atomic E-state index is 12.3. The molecule has 1 amide bonds. The van der Waals surface area contributed by atoms with E-state index in [0.29, 0.717) is 24.5 Å². The Bertz CT molecular complexity index is 594. The van der Waals surface area contributed by atoms with Gasteiger partial charge in [0.05, 0.1) is 0 Å². The van der Waals surface area contributed by atoms with Gasteiger partial charge in [-0.3, -0.25) is 4.79 Å². The molecule has 1 unspecified atom stereocenters. The van der Waals surface area contributed by atoms with E-state index in [4.69, 9.17) is 9.63 Å². The van der Waals surface area contributed by atoms with E-state index < -0.39 is 0 Å². The molecule has 5 nitrogen and oxygen atoms in total. The lowest BCUT2D eigenvalue weighted by Crippen LogP contribution is -2.29. The quantitative estimate of drug-likeness (QED) is 0.925. The van der Waals surface area contributed by atoms with Gasteiger partial charge in [-0.25, -0.2) is 0 Å². The highest BCUT2D eigenvalue weighted by Gasteiger charge is 2.28. The van der Waals surface area contributed by atoms with Gasteiger partial charge in [0.2, 0.25) is 0 Å². The molecule has 1 N–H and O–H groups in total. The number of aromatic nitrogens is 1. The van der Waals surface area contributed by atoms with Crippen LogP contribution in [0, 0.1) is 5.92 Å². The first-order valence-electron chi connectivity index (χ1n) is 6.70. The van der Waals surface area contributed by atoms with Crippen LogP contribution in [0.5, 0.6) is 0 Å². The van der Waals surface area contributed by atoms with Gasteiger partial charge in [0.25, 0.3) is 5.91 Å². The molecular weight excluding hydrogens is 256 g/mol. The zero-order valence-electron chi connectivity index (χ0n) is 11.0. The molecular formula is C15H16N2O3. The fourth-order valence-electron chi connectivity index (χ4n) is 2.44. The van der Waals surface area contributed by atoms with Crippen molar-refractivity contribution < 1.29 is 14.4 Å². The molecule has 1 aliphatic rings. The standard InChI is InChI=1S/C15H16N2O3/c18-10-11-6-7-17(9-11)15(19)13-8-14(20-16-13)12-4-2-1-3-5-12/h1-5,8,11,18H,6-7,9-10H2. The van der Waals surface area contributed by atoms with Crippen molar-refractivity contribution in [1.82, 2.24) is 10.1 Å². The molecule has 104 valence electrons. The van der Waals surface area contributed by atoms with Crippen LogP contribution in [0.4, 0.5) is 0 Å². The molecule has 0 aliphatic carbocycles. The molecule has 20 heavy (non-hydrogen) atoms. The third-order valence-electron chi connectivity index (χ3n) is 3.62. The highest BCUT2D eigenvalue weighted by molar-refractivity contribution is 5.93. The predicted molar refractivity (Wildman–Crippen MR) is 73.0 cm³/mol. The summed E-state index contributed by atoms with van der Waals surface area (Å²) in [6.07, 6.45) is 0.839. The zero-order chi connectivity index (χ0) is 13.9. The van der Waals surface area contributed by atoms with Crippen LogP contribution in [0.2, 0.25) is 0 Å². The van der Waals surface area contributed by atoms with Gasteiger partial charge in [-0.15, -0.1) is 0 Å². The maximum Gasteiger partial charge on any atom is 0.276 e. The van der Waals surface area contributed by atoms with E-state index in [0.717, 1.165) is 12.0 Å². The van der Waals surface area contributed by atoms with Gasteiger partial charge in [0.1, 0.15) is 0 Å². The first-order chi connectivity index (χ1) is 9.78. The lowest BCUT2D eigenvalue weighted by molar-refractivity contribution is 0.0771. The molecule has 0 saturated carbocycles. The second kappa shape index (κ2) is 5.46. The lowest BCUT2D eigenvalue weighted by Gasteiger charge is -2.13. The van der Waals surface area contributed by atoms with Gasteiger partial charge in [0, 0.05) is 37.2 Å². The minimum Gasteiger partial charge on any atom is -0.396 e. The van der Waals surface area contributed by atoms with Crippen LogP contribution in [-0.4, -0.2) is 40.8 Å². The number of likely N-dealkylation sites (tertiary alicyclic amines) is 1. The van der Waals surface area contributed by atoms with E-state index in [1.807, 2.05) is 30.3 Å². The highest BCUT2D eigenvalue weighted by Crippen LogP contribution is 2.22. The summed E-state index contributed by atoms with van der Waals surface area (Å²) < 4.78 is 5.24. The monoisotopic (exact) mass is 272 g/mol. The summed E-state index contributed by atoms with van der Waals surface area (Å²) in [5.74, 6) is 0.637. The van der Waals surface area contributed by atoms with Gasteiger partial charge in [0.15, 0.2) is 11.5 Å². The second-order valence-corrected chi connectivity index (χ2v) is 5.03. The van der Waals surface area contributed by atoms with Crippen LogP contribution in [-0.2, 0) is 0 Å². The maximum atomic E-state index is 12.3. The molecule has 0 radical (unpaired) electrons. The van der Waals surface area contributed by atoms with Crippen molar-refractivity contribution in [3.63, 3.8) is 0 Å². The van der Waals surface area contributed by atoms with E-state index in [1.165, 1.54) is 0 Å². The molecule has 1 fully saturated rings. The second-order valence-electron chi connectivity index (χ2n) is 5.03. The SMILES string of the molecule is O=C(c1cc(-c2ccccc2)on1)N1CCC(CO)C1. The third kappa shape index (κ3) is 2.44. The van der Waals surface area contributed by atoms with Gasteiger partial charge in [-0.2, -0.15) is 0 Å². The van der Waals surface area contributed by atoms with Gasteiger partial charge in [-0.1, -0.05) is 35.5 Å². The first kappa shape index (κ1) is 12.9. The zero-order valence-corrected chi connectivity index (χ0v) is 11.0. The van der Waals surface area contributed by atoms with Crippen molar-refractivity contribution in [2.45, 2.75) is 6.42 Å². The molecule has 1 aliphatic heterocycles. The van der Waals surface area contributed by atoms with Crippen molar-refractivity contribution in [2.24, 2.45) is 5.92 Å². The molecule has 1 atom stereocenters. The number of carbonyl (C=O) groups excluding carboxylic acids is 1. The Labute approximate surface area is 116 Å². The van der Waals surface area contributed by atoms with Crippen LogP contribution in [0.25, 0.3) is 11.3 Å². The predicted octanol–water partition coefficient (Wildman–Crippen LogP) is 1.80. The molecule has 1 saturated heterocycles. The van der Waals surface area contributed by atoms with Crippen molar-refractivity contribution in [3.05, 3.63) is 42.1 Å². The van der Waals surface area contributed by atoms with Crippen LogP contribution in [0.3, 0.4) is 0 Å². The number of aliphatic hydroxyl groups excluding tert-OH is 1. The molecule has 5 heteroatoms. The fraction of sp³-hybridized carbons (Fsp3) is 0.333. The van der Waals surface area contributed by atoms with Crippen LogP contribution >= 0.6 is 0 Å². The number of amides is 1. The average Bonchev–Trinajstić information content (AvgIpc) is 3.17. The number of hydrogen-bond donors (Lipinski definition) is 1. The Hall–Kier alpha value is -2.14. The molecule has 3 rings (SSSR count).